The summed E-state index contributed by atoms with van der Waals surface area (Å²) in [6, 6.07) is 2.42. The van der Waals surface area contributed by atoms with E-state index in [-0.39, 0.29) is 22.8 Å². The first-order valence-corrected chi connectivity index (χ1v) is 7.10. The summed E-state index contributed by atoms with van der Waals surface area (Å²) in [5, 5.41) is 0. The Bertz CT molecular complexity index is 547. The molecular formula is C16H19FO4. The number of rotatable bonds is 4. The van der Waals surface area contributed by atoms with Gasteiger partial charge in [-0.25, -0.2) is 9.18 Å². The van der Waals surface area contributed by atoms with E-state index in [9.17, 15) is 14.0 Å². The third-order valence-electron chi connectivity index (χ3n) is 3.87. The van der Waals surface area contributed by atoms with Crippen LogP contribution in [0.15, 0.2) is 12.1 Å². The van der Waals surface area contributed by atoms with Gasteiger partial charge in [-0.15, -0.1) is 0 Å². The van der Waals surface area contributed by atoms with E-state index in [1.165, 1.54) is 20.1 Å². The second-order valence-electron chi connectivity index (χ2n) is 5.40. The van der Waals surface area contributed by atoms with E-state index in [0.29, 0.717) is 12.3 Å². The molecule has 0 bridgehead atoms. The van der Waals surface area contributed by atoms with E-state index in [2.05, 4.69) is 4.74 Å². The van der Waals surface area contributed by atoms with Crippen molar-refractivity contribution in [1.82, 2.24) is 0 Å². The van der Waals surface area contributed by atoms with Crippen molar-refractivity contribution in [1.29, 1.82) is 0 Å². The van der Waals surface area contributed by atoms with Gasteiger partial charge in [0.25, 0.3) is 0 Å². The van der Waals surface area contributed by atoms with Gasteiger partial charge >= 0.3 is 11.9 Å². The molecule has 0 spiro atoms. The minimum atomic E-state index is -0.665. The van der Waals surface area contributed by atoms with Gasteiger partial charge in [0, 0.05) is 12.0 Å². The number of benzene rings is 1. The molecule has 0 heterocycles. The van der Waals surface area contributed by atoms with Crippen molar-refractivity contribution in [2.45, 2.75) is 39.0 Å². The average Bonchev–Trinajstić information content (AvgIpc) is 2.95. The predicted octanol–water partition coefficient (Wildman–Crippen LogP) is 3.41. The number of halogens is 1. The van der Waals surface area contributed by atoms with Crippen molar-refractivity contribution in [3.63, 3.8) is 0 Å². The second-order valence-corrected chi connectivity index (χ2v) is 5.40. The first kappa shape index (κ1) is 15.5. The normalized spacial score (nSPS) is 15.0. The van der Waals surface area contributed by atoms with Gasteiger partial charge in [0.2, 0.25) is 0 Å². The molecule has 0 saturated heterocycles. The van der Waals surface area contributed by atoms with Crippen LogP contribution in [0.4, 0.5) is 4.39 Å². The maximum absolute atomic E-state index is 13.8. The van der Waals surface area contributed by atoms with Crippen molar-refractivity contribution in [3.05, 3.63) is 29.1 Å². The summed E-state index contributed by atoms with van der Waals surface area (Å²) in [6.45, 7) is 1.51. The fraction of sp³-hybridized carbons (Fsp3) is 0.500. The Kier molecular flexibility index (Phi) is 4.94. The van der Waals surface area contributed by atoms with Gasteiger partial charge in [-0.1, -0.05) is 12.8 Å². The average molecular weight is 294 g/mol. The highest BCUT2D eigenvalue weighted by molar-refractivity contribution is 5.90. The summed E-state index contributed by atoms with van der Waals surface area (Å²) in [6.07, 6.45) is 4.69. The number of esters is 2. The molecule has 0 N–H and O–H groups in total. The second kappa shape index (κ2) is 6.70. The minimum absolute atomic E-state index is 0.0317. The summed E-state index contributed by atoms with van der Waals surface area (Å²) in [5.41, 5.74) is 0.242. The maximum Gasteiger partial charge on any atom is 0.338 e. The first-order chi connectivity index (χ1) is 10.0. The SMILES string of the molecule is COC(=O)c1cc(F)c(C)c(OC(=O)CC2CCCC2)c1. The molecule has 1 aromatic rings. The van der Waals surface area contributed by atoms with Crippen molar-refractivity contribution >= 4 is 11.9 Å². The van der Waals surface area contributed by atoms with Crippen molar-refractivity contribution < 1.29 is 23.5 Å². The van der Waals surface area contributed by atoms with Crippen LogP contribution in [0.1, 0.15) is 48.0 Å². The lowest BCUT2D eigenvalue weighted by atomic mass is 10.0. The Labute approximate surface area is 123 Å². The van der Waals surface area contributed by atoms with Crippen LogP contribution in [0, 0.1) is 18.7 Å². The lowest BCUT2D eigenvalue weighted by molar-refractivity contribution is -0.135. The Morgan fingerprint density at radius 2 is 1.95 bits per heavy atom. The quantitative estimate of drug-likeness (QED) is 0.631. The van der Waals surface area contributed by atoms with E-state index < -0.39 is 11.8 Å². The van der Waals surface area contributed by atoms with Crippen molar-refractivity contribution in [2.75, 3.05) is 7.11 Å². The van der Waals surface area contributed by atoms with Crippen molar-refractivity contribution in [3.8, 4) is 5.75 Å². The highest BCUT2D eigenvalue weighted by Crippen LogP contribution is 2.29. The van der Waals surface area contributed by atoms with Crippen LogP contribution in [0.2, 0.25) is 0 Å². The van der Waals surface area contributed by atoms with Crippen LogP contribution in [0.5, 0.6) is 5.75 Å². The molecule has 1 aliphatic rings. The topological polar surface area (TPSA) is 52.6 Å². The van der Waals surface area contributed by atoms with E-state index in [0.717, 1.165) is 31.7 Å². The van der Waals surface area contributed by atoms with E-state index in [4.69, 9.17) is 4.74 Å². The van der Waals surface area contributed by atoms with Crippen LogP contribution in [0.25, 0.3) is 0 Å². The Balaban J connectivity index is 2.12. The van der Waals surface area contributed by atoms with E-state index in [1.807, 2.05) is 0 Å². The summed E-state index contributed by atoms with van der Waals surface area (Å²) in [5.74, 6) is -1.21. The number of ether oxygens (including phenoxy) is 2. The van der Waals surface area contributed by atoms with Crippen LogP contribution in [0.3, 0.4) is 0 Å². The summed E-state index contributed by atoms with van der Waals surface area (Å²) >= 11 is 0. The minimum Gasteiger partial charge on any atom is -0.465 e. The molecule has 0 radical (unpaired) electrons. The van der Waals surface area contributed by atoms with Crippen LogP contribution in [-0.2, 0) is 9.53 Å². The molecule has 0 amide bonds. The number of methoxy groups -OCH3 is 1. The van der Waals surface area contributed by atoms with Gasteiger partial charge in [0.05, 0.1) is 12.7 Å². The molecule has 5 heteroatoms. The smallest absolute Gasteiger partial charge is 0.338 e. The Hall–Kier alpha value is -1.91. The van der Waals surface area contributed by atoms with E-state index in [1.54, 1.807) is 0 Å². The molecule has 0 aromatic heterocycles. The molecule has 114 valence electrons. The number of carbonyl (C=O) groups is 2. The molecule has 4 nitrogen and oxygen atoms in total. The molecule has 2 rings (SSSR count). The monoisotopic (exact) mass is 294 g/mol. The molecule has 21 heavy (non-hydrogen) atoms. The number of carbonyl (C=O) groups excluding carboxylic acids is 2. The van der Waals surface area contributed by atoms with Crippen LogP contribution in [-0.4, -0.2) is 19.0 Å². The first-order valence-electron chi connectivity index (χ1n) is 7.10. The summed E-state index contributed by atoms with van der Waals surface area (Å²) in [4.78, 5) is 23.4. The fourth-order valence-corrected chi connectivity index (χ4v) is 2.61. The van der Waals surface area contributed by atoms with Crippen LogP contribution < -0.4 is 4.74 Å². The van der Waals surface area contributed by atoms with Gasteiger partial charge < -0.3 is 9.47 Å². The molecular weight excluding hydrogens is 275 g/mol. The highest BCUT2D eigenvalue weighted by atomic mass is 19.1. The predicted molar refractivity (Wildman–Crippen MR) is 74.7 cm³/mol. The molecule has 0 aliphatic heterocycles. The molecule has 1 saturated carbocycles. The molecule has 0 unspecified atom stereocenters. The Morgan fingerprint density at radius 3 is 2.57 bits per heavy atom. The van der Waals surface area contributed by atoms with Gasteiger partial charge in [0.15, 0.2) is 0 Å². The number of hydrogen-bond donors (Lipinski definition) is 0. The maximum atomic E-state index is 13.8. The largest absolute Gasteiger partial charge is 0.465 e. The lowest BCUT2D eigenvalue weighted by Crippen LogP contribution is -2.14. The lowest BCUT2D eigenvalue weighted by Gasteiger charge is -2.12. The van der Waals surface area contributed by atoms with Crippen LogP contribution >= 0.6 is 0 Å². The number of hydrogen-bond acceptors (Lipinski definition) is 4. The highest BCUT2D eigenvalue weighted by Gasteiger charge is 2.21. The molecule has 1 aliphatic carbocycles. The standard InChI is InChI=1S/C16H19FO4/c1-10-13(17)8-12(16(19)20-2)9-14(10)21-15(18)7-11-5-3-4-6-11/h8-9,11H,3-7H2,1-2H3. The van der Waals surface area contributed by atoms with Gasteiger partial charge in [-0.2, -0.15) is 0 Å². The fourth-order valence-electron chi connectivity index (χ4n) is 2.61. The van der Waals surface area contributed by atoms with Crippen molar-refractivity contribution in [2.24, 2.45) is 5.92 Å². The molecule has 1 fully saturated rings. The summed E-state index contributed by atoms with van der Waals surface area (Å²) in [7, 11) is 1.21. The summed E-state index contributed by atoms with van der Waals surface area (Å²) < 4.78 is 23.6. The zero-order valence-corrected chi connectivity index (χ0v) is 12.3. The third kappa shape index (κ3) is 3.80. The van der Waals surface area contributed by atoms with Gasteiger partial charge in [0.1, 0.15) is 11.6 Å². The zero-order chi connectivity index (χ0) is 15.4. The zero-order valence-electron chi connectivity index (χ0n) is 12.3. The Morgan fingerprint density at radius 1 is 1.29 bits per heavy atom. The molecule has 0 atom stereocenters. The van der Waals surface area contributed by atoms with Gasteiger partial charge in [-0.05, 0) is 37.8 Å². The third-order valence-corrected chi connectivity index (χ3v) is 3.87. The van der Waals surface area contributed by atoms with E-state index >= 15 is 0 Å². The molecule has 1 aromatic carbocycles. The van der Waals surface area contributed by atoms with Gasteiger partial charge in [-0.3, -0.25) is 4.79 Å².